The third-order valence-corrected chi connectivity index (χ3v) is 3.74. The number of hydrogen-bond donors (Lipinski definition) is 3. The van der Waals surface area contributed by atoms with Crippen molar-refractivity contribution in [1.29, 1.82) is 0 Å². The van der Waals surface area contributed by atoms with Crippen LogP contribution < -0.4 is 16.2 Å². The van der Waals surface area contributed by atoms with Crippen LogP contribution >= 0.6 is 0 Å². The maximum absolute atomic E-state index is 12.6. The lowest BCUT2D eigenvalue weighted by atomic mass is 10.1. The zero-order valence-corrected chi connectivity index (χ0v) is 14.2. The van der Waals surface area contributed by atoms with Crippen molar-refractivity contribution in [3.63, 3.8) is 0 Å². The third-order valence-electron chi connectivity index (χ3n) is 3.74. The largest absolute Gasteiger partial charge is 0.320 e. The van der Waals surface area contributed by atoms with Crippen LogP contribution in [-0.4, -0.2) is 21.7 Å². The van der Waals surface area contributed by atoms with Gasteiger partial charge in [0.05, 0.1) is 21.8 Å². The fraction of sp³-hybridized carbons (Fsp3) is 0.0556. The summed E-state index contributed by atoms with van der Waals surface area (Å²) >= 11 is 0. The van der Waals surface area contributed by atoms with E-state index in [2.05, 4.69) is 21.2 Å². The topological polar surface area (TPSA) is 126 Å². The zero-order chi connectivity index (χ0) is 19.4. The van der Waals surface area contributed by atoms with Crippen molar-refractivity contribution in [3.05, 3.63) is 70.4 Å². The number of nitro groups is 1. The summed E-state index contributed by atoms with van der Waals surface area (Å²) in [6.07, 6.45) is 1.52. The van der Waals surface area contributed by atoms with E-state index in [0.717, 1.165) is 0 Å². The summed E-state index contributed by atoms with van der Waals surface area (Å²) in [7, 11) is 0. The second-order valence-corrected chi connectivity index (χ2v) is 5.59. The minimum Gasteiger partial charge on any atom is -0.320 e. The number of aromatic nitrogens is 1. The maximum atomic E-state index is 12.6. The molecule has 2 amide bonds. The molecular weight excluding hydrogens is 350 g/mol. The lowest BCUT2D eigenvalue weighted by Crippen LogP contribution is -2.26. The van der Waals surface area contributed by atoms with Gasteiger partial charge in [-0.15, -0.1) is 0 Å². The highest BCUT2D eigenvalue weighted by molar-refractivity contribution is 6.11. The Morgan fingerprint density at radius 2 is 1.81 bits per heavy atom. The van der Waals surface area contributed by atoms with Crippen LogP contribution in [0.15, 0.2) is 54.7 Å². The van der Waals surface area contributed by atoms with Crippen LogP contribution in [0.25, 0.3) is 10.9 Å². The molecule has 1 aromatic heterocycles. The predicted molar refractivity (Wildman–Crippen MR) is 100 cm³/mol. The molecule has 0 fully saturated rings. The summed E-state index contributed by atoms with van der Waals surface area (Å²) < 4.78 is 0. The first-order chi connectivity index (χ1) is 13.0. The summed E-state index contributed by atoms with van der Waals surface area (Å²) in [6, 6.07) is 12.5. The minimum absolute atomic E-state index is 0.0490. The average Bonchev–Trinajstić information content (AvgIpc) is 2.66. The van der Waals surface area contributed by atoms with Gasteiger partial charge in [0.2, 0.25) is 5.91 Å². The summed E-state index contributed by atoms with van der Waals surface area (Å²) in [6.45, 7) is 1.37. The Kier molecular flexibility index (Phi) is 4.93. The summed E-state index contributed by atoms with van der Waals surface area (Å²) in [5, 5.41) is 14.5. The molecule has 0 unspecified atom stereocenters. The molecule has 0 bridgehead atoms. The number of rotatable bonds is 5. The Morgan fingerprint density at radius 3 is 2.56 bits per heavy atom. The van der Waals surface area contributed by atoms with Gasteiger partial charge in [-0.1, -0.05) is 24.3 Å². The van der Waals surface area contributed by atoms with Crippen molar-refractivity contribution in [1.82, 2.24) is 10.4 Å². The number of hydrazine groups is 1. The number of hydrogen-bond acceptors (Lipinski definition) is 6. The molecule has 0 aliphatic carbocycles. The summed E-state index contributed by atoms with van der Waals surface area (Å²) in [4.78, 5) is 38.5. The highest BCUT2D eigenvalue weighted by atomic mass is 16.6. The molecule has 0 aliphatic heterocycles. The number of fused-ring (bicyclic) bond motifs is 1. The van der Waals surface area contributed by atoms with E-state index in [1.807, 2.05) is 0 Å². The number of pyridine rings is 1. The fourth-order valence-electron chi connectivity index (χ4n) is 2.56. The van der Waals surface area contributed by atoms with Crippen LogP contribution in [0, 0.1) is 10.1 Å². The normalized spacial score (nSPS) is 10.3. The number of benzene rings is 2. The Morgan fingerprint density at radius 1 is 1.04 bits per heavy atom. The van der Waals surface area contributed by atoms with Crippen molar-refractivity contribution in [2.75, 3.05) is 10.7 Å². The highest BCUT2D eigenvalue weighted by Crippen LogP contribution is 2.28. The monoisotopic (exact) mass is 365 g/mol. The first kappa shape index (κ1) is 17.8. The summed E-state index contributed by atoms with van der Waals surface area (Å²) in [5.74, 6) is -0.877. The number of nitrogens with zero attached hydrogens (tertiary/aromatic N) is 2. The van der Waals surface area contributed by atoms with Crippen LogP contribution in [0.4, 0.5) is 17.1 Å². The first-order valence-electron chi connectivity index (χ1n) is 7.92. The molecule has 1 heterocycles. The Bertz CT molecular complexity index is 1050. The van der Waals surface area contributed by atoms with E-state index in [-0.39, 0.29) is 17.2 Å². The predicted octanol–water partition coefficient (Wildman–Crippen LogP) is 2.86. The van der Waals surface area contributed by atoms with Crippen LogP contribution in [0.2, 0.25) is 0 Å². The zero-order valence-electron chi connectivity index (χ0n) is 14.2. The van der Waals surface area contributed by atoms with Gasteiger partial charge in [0.15, 0.2) is 0 Å². The van der Waals surface area contributed by atoms with Gasteiger partial charge in [0.1, 0.15) is 5.56 Å². The van der Waals surface area contributed by atoms with E-state index in [0.29, 0.717) is 22.3 Å². The van der Waals surface area contributed by atoms with E-state index >= 15 is 0 Å². The Labute approximate surface area is 153 Å². The van der Waals surface area contributed by atoms with Gasteiger partial charge in [0, 0.05) is 24.6 Å². The van der Waals surface area contributed by atoms with Gasteiger partial charge in [-0.2, -0.15) is 0 Å². The van der Waals surface area contributed by atoms with Crippen molar-refractivity contribution in [2.45, 2.75) is 6.92 Å². The first-order valence-corrected chi connectivity index (χ1v) is 7.92. The van der Waals surface area contributed by atoms with Crippen LogP contribution in [0.3, 0.4) is 0 Å². The lowest BCUT2D eigenvalue weighted by Gasteiger charge is -2.12. The van der Waals surface area contributed by atoms with E-state index in [9.17, 15) is 19.7 Å². The third kappa shape index (κ3) is 3.82. The molecule has 3 aromatic rings. The average molecular weight is 365 g/mol. The number of carbonyl (C=O) groups excluding carboxylic acids is 2. The fourth-order valence-corrected chi connectivity index (χ4v) is 2.56. The number of para-hydroxylation sites is 2. The van der Waals surface area contributed by atoms with E-state index < -0.39 is 10.8 Å². The van der Waals surface area contributed by atoms with Gasteiger partial charge < -0.3 is 5.32 Å². The van der Waals surface area contributed by atoms with Gasteiger partial charge in [-0.25, -0.2) is 0 Å². The quantitative estimate of drug-likeness (QED) is 0.471. The van der Waals surface area contributed by atoms with Gasteiger partial charge in [-0.3, -0.25) is 35.5 Å². The Balaban J connectivity index is 1.96. The van der Waals surface area contributed by atoms with Crippen LogP contribution in [-0.2, 0) is 4.79 Å². The molecule has 136 valence electrons. The minimum atomic E-state index is -0.614. The van der Waals surface area contributed by atoms with Crippen LogP contribution in [0.5, 0.6) is 0 Å². The highest BCUT2D eigenvalue weighted by Gasteiger charge is 2.20. The number of carbonyl (C=O) groups is 2. The van der Waals surface area contributed by atoms with Crippen molar-refractivity contribution in [2.24, 2.45) is 0 Å². The molecule has 9 nitrogen and oxygen atoms in total. The van der Waals surface area contributed by atoms with Crippen molar-refractivity contribution in [3.8, 4) is 0 Å². The molecule has 0 aliphatic rings. The molecule has 0 spiro atoms. The molecule has 2 aromatic carbocycles. The van der Waals surface area contributed by atoms with Gasteiger partial charge >= 0.3 is 0 Å². The van der Waals surface area contributed by atoms with E-state index in [1.165, 1.54) is 31.3 Å². The molecular formula is C18H15N5O4. The molecule has 0 atom stereocenters. The SMILES string of the molecule is CC(=O)NNc1ccnc2c(NC(=O)c3ccccc3[N+](=O)[O-])cccc12. The lowest BCUT2D eigenvalue weighted by molar-refractivity contribution is -0.385. The number of amides is 2. The second-order valence-electron chi connectivity index (χ2n) is 5.59. The van der Waals surface area contributed by atoms with Crippen LogP contribution in [0.1, 0.15) is 17.3 Å². The number of anilines is 2. The Hall–Kier alpha value is -4.01. The molecule has 27 heavy (non-hydrogen) atoms. The van der Waals surface area contributed by atoms with E-state index in [4.69, 9.17) is 0 Å². The summed E-state index contributed by atoms with van der Waals surface area (Å²) in [5.41, 5.74) is 6.39. The number of nitrogens with one attached hydrogen (secondary N) is 3. The van der Waals surface area contributed by atoms with Gasteiger partial charge in [0.25, 0.3) is 11.6 Å². The molecule has 0 saturated heterocycles. The smallest absolute Gasteiger partial charge is 0.282 e. The van der Waals surface area contributed by atoms with E-state index in [1.54, 1.807) is 30.3 Å². The molecule has 9 heteroatoms. The standard InChI is InChI=1S/C18H15N5O4/c1-11(24)21-22-14-9-10-19-17-12(14)6-4-7-15(17)20-18(25)13-5-2-3-8-16(13)23(26)27/h2-10H,1H3,(H,19,22)(H,20,25)(H,21,24). The molecule has 3 rings (SSSR count). The second kappa shape index (κ2) is 7.48. The molecule has 3 N–H and O–H groups in total. The van der Waals surface area contributed by atoms with Gasteiger partial charge in [-0.05, 0) is 18.2 Å². The maximum Gasteiger partial charge on any atom is 0.282 e. The number of nitro benzene ring substituents is 1. The molecule has 0 radical (unpaired) electrons. The van der Waals surface area contributed by atoms with Crippen molar-refractivity contribution >= 4 is 39.8 Å². The van der Waals surface area contributed by atoms with Crippen molar-refractivity contribution < 1.29 is 14.5 Å². The molecule has 0 saturated carbocycles.